The van der Waals surface area contributed by atoms with Gasteiger partial charge in [-0.3, -0.25) is 9.59 Å². The molecular weight excluding hydrogens is 356 g/mol. The molecular formula is C21H22N4O3. The minimum absolute atomic E-state index is 0.145. The molecule has 3 rings (SSSR count). The number of aromatic nitrogens is 3. The number of rotatable bonds is 7. The molecule has 0 fully saturated rings. The molecule has 7 heteroatoms. The van der Waals surface area contributed by atoms with Gasteiger partial charge in [0.15, 0.2) is 0 Å². The standard InChI is InChI=1S/C21H22N4O3/c1-15(16-8-10-18(11-9-16)25-14-22-13-23-25)24-19(26)12-21(2,20(27)28)17-6-4-3-5-7-17/h3-11,13-15H,12H2,1-2H3,(H,24,26)(H,27,28)/t15-,21+/m1/s1. The van der Waals surface area contributed by atoms with Crippen LogP contribution in [0.5, 0.6) is 0 Å². The molecule has 2 aromatic carbocycles. The van der Waals surface area contributed by atoms with Crippen molar-refractivity contribution >= 4 is 11.9 Å². The third-order valence-electron chi connectivity index (χ3n) is 4.85. The topological polar surface area (TPSA) is 97.1 Å². The number of benzene rings is 2. The molecule has 0 spiro atoms. The van der Waals surface area contributed by atoms with Crippen LogP contribution in [0.3, 0.4) is 0 Å². The van der Waals surface area contributed by atoms with Crippen molar-refractivity contribution < 1.29 is 14.7 Å². The molecule has 0 unspecified atom stereocenters. The van der Waals surface area contributed by atoms with E-state index in [0.717, 1.165) is 11.3 Å². The number of nitrogens with one attached hydrogen (secondary N) is 1. The van der Waals surface area contributed by atoms with Crippen LogP contribution in [0, 0.1) is 0 Å². The van der Waals surface area contributed by atoms with Gasteiger partial charge in [0.1, 0.15) is 12.7 Å². The second-order valence-corrected chi connectivity index (χ2v) is 6.90. The Bertz CT molecular complexity index is 940. The van der Waals surface area contributed by atoms with Crippen LogP contribution in [-0.2, 0) is 15.0 Å². The van der Waals surface area contributed by atoms with Crippen molar-refractivity contribution in [3.63, 3.8) is 0 Å². The fourth-order valence-corrected chi connectivity index (χ4v) is 3.06. The average Bonchev–Trinajstić information content (AvgIpc) is 3.23. The van der Waals surface area contributed by atoms with Gasteiger partial charge in [0.05, 0.1) is 17.1 Å². The van der Waals surface area contributed by atoms with Gasteiger partial charge in [-0.25, -0.2) is 9.67 Å². The van der Waals surface area contributed by atoms with Crippen LogP contribution < -0.4 is 5.32 Å². The Morgan fingerprint density at radius 2 is 1.82 bits per heavy atom. The van der Waals surface area contributed by atoms with Crippen molar-refractivity contribution in [3.8, 4) is 5.69 Å². The summed E-state index contributed by atoms with van der Waals surface area (Å²) >= 11 is 0. The maximum atomic E-state index is 12.6. The molecule has 28 heavy (non-hydrogen) atoms. The molecule has 0 bridgehead atoms. The summed E-state index contributed by atoms with van der Waals surface area (Å²) in [5, 5.41) is 16.7. The zero-order valence-electron chi connectivity index (χ0n) is 15.7. The Hall–Kier alpha value is -3.48. The van der Waals surface area contributed by atoms with E-state index in [2.05, 4.69) is 15.4 Å². The van der Waals surface area contributed by atoms with Gasteiger partial charge in [0.25, 0.3) is 0 Å². The first-order valence-corrected chi connectivity index (χ1v) is 8.93. The summed E-state index contributed by atoms with van der Waals surface area (Å²) in [4.78, 5) is 28.4. The van der Waals surface area contributed by atoms with Crippen LogP contribution in [0.4, 0.5) is 0 Å². The number of amides is 1. The predicted octanol–water partition coefficient (Wildman–Crippen LogP) is 2.88. The number of aliphatic carboxylic acids is 1. The number of nitrogens with zero attached hydrogens (tertiary/aromatic N) is 3. The molecule has 0 saturated carbocycles. The maximum Gasteiger partial charge on any atom is 0.314 e. The molecule has 1 aromatic heterocycles. The van der Waals surface area contributed by atoms with E-state index in [1.165, 1.54) is 6.33 Å². The van der Waals surface area contributed by atoms with Gasteiger partial charge in [-0.15, -0.1) is 0 Å². The fraction of sp³-hybridized carbons (Fsp3) is 0.238. The van der Waals surface area contributed by atoms with E-state index in [-0.39, 0.29) is 18.4 Å². The van der Waals surface area contributed by atoms with Crippen molar-refractivity contribution in [1.82, 2.24) is 20.1 Å². The van der Waals surface area contributed by atoms with E-state index in [9.17, 15) is 14.7 Å². The van der Waals surface area contributed by atoms with E-state index in [1.54, 1.807) is 42.2 Å². The Morgan fingerprint density at radius 1 is 1.14 bits per heavy atom. The maximum absolute atomic E-state index is 12.6. The Labute approximate surface area is 163 Å². The van der Waals surface area contributed by atoms with Gasteiger partial charge in [0.2, 0.25) is 5.91 Å². The third kappa shape index (κ3) is 4.09. The van der Waals surface area contributed by atoms with E-state index in [4.69, 9.17) is 0 Å². The Kier molecular flexibility index (Phi) is 5.54. The van der Waals surface area contributed by atoms with E-state index in [0.29, 0.717) is 5.56 Å². The quantitative estimate of drug-likeness (QED) is 0.659. The summed E-state index contributed by atoms with van der Waals surface area (Å²) in [5.41, 5.74) is 1.08. The number of carbonyl (C=O) groups is 2. The van der Waals surface area contributed by atoms with Crippen molar-refractivity contribution in [2.24, 2.45) is 0 Å². The van der Waals surface area contributed by atoms with Gasteiger partial charge in [-0.2, -0.15) is 5.10 Å². The Morgan fingerprint density at radius 3 is 2.39 bits per heavy atom. The van der Waals surface area contributed by atoms with Crippen molar-refractivity contribution in [2.75, 3.05) is 0 Å². The highest BCUT2D eigenvalue weighted by atomic mass is 16.4. The van der Waals surface area contributed by atoms with Crippen molar-refractivity contribution in [3.05, 3.63) is 78.4 Å². The monoisotopic (exact) mass is 378 g/mol. The molecule has 0 aliphatic heterocycles. The van der Waals surface area contributed by atoms with Gasteiger partial charge in [0, 0.05) is 6.42 Å². The number of carboxylic acid groups (broad SMARTS) is 1. The van der Waals surface area contributed by atoms with Crippen LogP contribution in [-0.4, -0.2) is 31.7 Å². The minimum Gasteiger partial charge on any atom is -0.481 e. The molecule has 0 aliphatic rings. The molecule has 1 heterocycles. The van der Waals surface area contributed by atoms with Crippen LogP contribution in [0.15, 0.2) is 67.3 Å². The normalized spacial score (nSPS) is 14.1. The molecule has 0 aliphatic carbocycles. The lowest BCUT2D eigenvalue weighted by atomic mass is 9.79. The summed E-state index contributed by atoms with van der Waals surface area (Å²) < 4.78 is 1.64. The first-order chi connectivity index (χ1) is 13.4. The highest BCUT2D eigenvalue weighted by Crippen LogP contribution is 2.28. The summed E-state index contributed by atoms with van der Waals surface area (Å²) in [6, 6.07) is 16.1. The van der Waals surface area contributed by atoms with Gasteiger partial charge >= 0.3 is 5.97 Å². The van der Waals surface area contributed by atoms with E-state index >= 15 is 0 Å². The lowest BCUT2D eigenvalue weighted by Gasteiger charge is -2.26. The zero-order chi connectivity index (χ0) is 20.1. The minimum atomic E-state index is -1.29. The zero-order valence-corrected chi connectivity index (χ0v) is 15.7. The number of hydrogen-bond acceptors (Lipinski definition) is 4. The SMILES string of the molecule is C[C@@H](NC(=O)C[C@](C)(C(=O)O)c1ccccc1)c1ccc(-n2cncn2)cc1. The highest BCUT2D eigenvalue weighted by molar-refractivity contribution is 5.89. The van der Waals surface area contributed by atoms with Gasteiger partial charge < -0.3 is 10.4 Å². The summed E-state index contributed by atoms with van der Waals surface area (Å²) in [5.74, 6) is -1.35. The summed E-state index contributed by atoms with van der Waals surface area (Å²) in [7, 11) is 0. The van der Waals surface area contributed by atoms with Crippen molar-refractivity contribution in [2.45, 2.75) is 31.7 Å². The average molecular weight is 378 g/mol. The highest BCUT2D eigenvalue weighted by Gasteiger charge is 2.37. The van der Waals surface area contributed by atoms with Crippen LogP contribution in [0.1, 0.15) is 37.4 Å². The van der Waals surface area contributed by atoms with Crippen molar-refractivity contribution in [1.29, 1.82) is 0 Å². The van der Waals surface area contributed by atoms with Crippen LogP contribution in [0.25, 0.3) is 5.69 Å². The lowest BCUT2D eigenvalue weighted by molar-refractivity contribution is -0.145. The third-order valence-corrected chi connectivity index (χ3v) is 4.85. The smallest absolute Gasteiger partial charge is 0.314 e. The number of carbonyl (C=O) groups excluding carboxylic acids is 1. The molecule has 0 saturated heterocycles. The summed E-state index contributed by atoms with van der Waals surface area (Å²) in [6.07, 6.45) is 2.92. The molecule has 1 amide bonds. The molecule has 0 radical (unpaired) electrons. The first kappa shape index (κ1) is 19.3. The second-order valence-electron chi connectivity index (χ2n) is 6.90. The largest absolute Gasteiger partial charge is 0.481 e. The number of carboxylic acids is 1. The van der Waals surface area contributed by atoms with Crippen LogP contribution in [0.2, 0.25) is 0 Å². The molecule has 7 nitrogen and oxygen atoms in total. The van der Waals surface area contributed by atoms with E-state index in [1.807, 2.05) is 37.3 Å². The van der Waals surface area contributed by atoms with Crippen LogP contribution >= 0.6 is 0 Å². The first-order valence-electron chi connectivity index (χ1n) is 8.93. The Balaban J connectivity index is 1.69. The molecule has 144 valence electrons. The summed E-state index contributed by atoms with van der Waals surface area (Å²) in [6.45, 7) is 3.44. The van der Waals surface area contributed by atoms with Gasteiger partial charge in [-0.05, 0) is 37.1 Å². The molecule has 2 N–H and O–H groups in total. The second kappa shape index (κ2) is 8.04. The number of hydrogen-bond donors (Lipinski definition) is 2. The lowest BCUT2D eigenvalue weighted by Crippen LogP contribution is -2.39. The van der Waals surface area contributed by atoms with E-state index < -0.39 is 11.4 Å². The molecule has 2 atom stereocenters. The molecule has 3 aromatic rings. The predicted molar refractivity (Wildman–Crippen MR) is 104 cm³/mol. The fourth-order valence-electron chi connectivity index (χ4n) is 3.06. The van der Waals surface area contributed by atoms with Gasteiger partial charge in [-0.1, -0.05) is 42.5 Å².